The van der Waals surface area contributed by atoms with Gasteiger partial charge in [0, 0.05) is 24.5 Å². The van der Waals surface area contributed by atoms with Crippen LogP contribution in [-0.4, -0.2) is 38.3 Å². The van der Waals surface area contributed by atoms with Crippen molar-refractivity contribution in [1.82, 2.24) is 14.9 Å². The van der Waals surface area contributed by atoms with E-state index in [2.05, 4.69) is 9.97 Å². The van der Waals surface area contributed by atoms with E-state index in [1.165, 1.54) is 16.2 Å². The van der Waals surface area contributed by atoms with Gasteiger partial charge in [-0.05, 0) is 38.0 Å². The van der Waals surface area contributed by atoms with E-state index in [-0.39, 0.29) is 12.1 Å². The second-order valence-corrected chi connectivity index (χ2v) is 9.03. The molecule has 33 heavy (non-hydrogen) atoms. The van der Waals surface area contributed by atoms with Crippen molar-refractivity contribution in [2.45, 2.75) is 39.8 Å². The Kier molecular flexibility index (Phi) is 6.55. The molecule has 1 unspecified atom stereocenters. The van der Waals surface area contributed by atoms with Gasteiger partial charge in [0.15, 0.2) is 5.76 Å². The third-order valence-corrected chi connectivity index (χ3v) is 6.48. The second kappa shape index (κ2) is 9.54. The second-order valence-electron chi connectivity index (χ2n) is 7.82. The van der Waals surface area contributed by atoms with E-state index in [1.54, 1.807) is 25.4 Å². The number of para-hydroxylation sites is 1. The average Bonchev–Trinajstić information content (AvgIpc) is 3.28. The topological polar surface area (TPSA) is 92.6 Å². The first-order valence-electron chi connectivity index (χ1n) is 10.8. The van der Waals surface area contributed by atoms with Gasteiger partial charge in [-0.1, -0.05) is 31.2 Å². The van der Waals surface area contributed by atoms with Crippen LogP contribution >= 0.6 is 11.3 Å². The summed E-state index contributed by atoms with van der Waals surface area (Å²) in [6.07, 6.45) is 4.13. The van der Waals surface area contributed by atoms with Crippen molar-refractivity contribution >= 4 is 23.0 Å². The zero-order chi connectivity index (χ0) is 23.5. The number of aryl methyl sites for hydroxylation is 2. The molecule has 4 rings (SSSR count). The Labute approximate surface area is 196 Å². The van der Waals surface area contributed by atoms with Crippen LogP contribution in [-0.2, 0) is 11.3 Å². The van der Waals surface area contributed by atoms with Gasteiger partial charge in [0.2, 0.25) is 5.78 Å². The molecular weight excluding hydrogens is 438 g/mol. The summed E-state index contributed by atoms with van der Waals surface area (Å²) in [5.41, 5.74) is 2.06. The largest absolute Gasteiger partial charge is 0.503 e. The fraction of sp³-hybridized carbons (Fsp3) is 0.280. The molecule has 1 aliphatic heterocycles. The number of hydrogen-bond acceptors (Lipinski definition) is 7. The number of aliphatic hydroxyl groups is 1. The fourth-order valence-electron chi connectivity index (χ4n) is 3.97. The van der Waals surface area contributed by atoms with Gasteiger partial charge < -0.3 is 14.7 Å². The quantitative estimate of drug-likeness (QED) is 0.486. The lowest BCUT2D eigenvalue weighted by Gasteiger charge is -2.28. The zero-order valence-corrected chi connectivity index (χ0v) is 19.6. The van der Waals surface area contributed by atoms with E-state index in [4.69, 9.17) is 4.74 Å². The lowest BCUT2D eigenvalue weighted by Crippen LogP contribution is -2.31. The van der Waals surface area contributed by atoms with E-state index in [9.17, 15) is 14.7 Å². The summed E-state index contributed by atoms with van der Waals surface area (Å²) in [5, 5.41) is 11.7. The number of ketones is 1. The lowest BCUT2D eigenvalue weighted by molar-refractivity contribution is -0.130. The van der Waals surface area contributed by atoms with Crippen molar-refractivity contribution in [1.29, 1.82) is 0 Å². The van der Waals surface area contributed by atoms with Crippen LogP contribution in [0.3, 0.4) is 0 Å². The molecule has 8 heteroatoms. The molecule has 1 aliphatic rings. The van der Waals surface area contributed by atoms with Gasteiger partial charge in [-0.15, -0.1) is 11.3 Å². The van der Waals surface area contributed by atoms with Gasteiger partial charge in [-0.25, -0.2) is 4.98 Å². The molecule has 0 saturated carbocycles. The molecule has 1 amide bonds. The van der Waals surface area contributed by atoms with Gasteiger partial charge >= 0.3 is 0 Å². The van der Waals surface area contributed by atoms with Crippen LogP contribution < -0.4 is 4.74 Å². The highest BCUT2D eigenvalue weighted by molar-refractivity contribution is 7.14. The molecule has 1 atom stereocenters. The van der Waals surface area contributed by atoms with Crippen LogP contribution in [0.4, 0.5) is 0 Å². The number of hydrogen-bond donors (Lipinski definition) is 1. The number of amides is 1. The number of benzene rings is 1. The maximum absolute atomic E-state index is 13.7. The number of aliphatic hydroxyl groups excluding tert-OH is 1. The first-order chi connectivity index (χ1) is 15.9. The highest BCUT2D eigenvalue weighted by atomic mass is 32.1. The van der Waals surface area contributed by atoms with Crippen LogP contribution in [0.1, 0.15) is 50.9 Å². The van der Waals surface area contributed by atoms with Gasteiger partial charge in [0.05, 0.1) is 33.8 Å². The van der Waals surface area contributed by atoms with Crippen LogP contribution in [0.25, 0.3) is 0 Å². The monoisotopic (exact) mass is 463 g/mol. The molecule has 0 saturated heterocycles. The smallest absolute Gasteiger partial charge is 0.290 e. The van der Waals surface area contributed by atoms with Crippen molar-refractivity contribution in [3.63, 3.8) is 0 Å². The standard InChI is InChI=1S/C25H25N3O4S/c1-4-12-32-19-10-6-5-9-18(19)21-20(22(29)24-15(2)27-16(3)33-24)23(30)25(31)28(21)14-17-8-7-11-26-13-17/h5-11,13,21,30H,4,12,14H2,1-3H3. The minimum Gasteiger partial charge on any atom is -0.503 e. The summed E-state index contributed by atoms with van der Waals surface area (Å²) in [6.45, 7) is 6.26. The molecule has 0 radical (unpaired) electrons. The van der Waals surface area contributed by atoms with Crippen LogP contribution in [0, 0.1) is 13.8 Å². The van der Waals surface area contributed by atoms with E-state index < -0.39 is 23.5 Å². The first-order valence-corrected chi connectivity index (χ1v) is 11.6. The predicted molar refractivity (Wildman–Crippen MR) is 125 cm³/mol. The van der Waals surface area contributed by atoms with Crippen molar-refractivity contribution in [2.24, 2.45) is 0 Å². The van der Waals surface area contributed by atoms with Crippen molar-refractivity contribution in [2.75, 3.05) is 6.61 Å². The average molecular weight is 464 g/mol. The Morgan fingerprint density at radius 2 is 2.00 bits per heavy atom. The van der Waals surface area contributed by atoms with E-state index >= 15 is 0 Å². The Morgan fingerprint density at radius 1 is 1.21 bits per heavy atom. The van der Waals surface area contributed by atoms with Crippen LogP contribution in [0.5, 0.6) is 5.75 Å². The SMILES string of the molecule is CCCOc1ccccc1C1C(C(=O)c2sc(C)nc2C)=C(O)C(=O)N1Cc1cccnc1. The molecule has 0 aliphatic carbocycles. The molecule has 1 aromatic carbocycles. The highest BCUT2D eigenvalue weighted by Gasteiger charge is 2.45. The van der Waals surface area contributed by atoms with Gasteiger partial charge in [-0.2, -0.15) is 0 Å². The summed E-state index contributed by atoms with van der Waals surface area (Å²) < 4.78 is 5.95. The zero-order valence-electron chi connectivity index (χ0n) is 18.7. The van der Waals surface area contributed by atoms with Gasteiger partial charge in [0.1, 0.15) is 5.75 Å². The van der Waals surface area contributed by atoms with Crippen molar-refractivity contribution < 1.29 is 19.4 Å². The first kappa shape index (κ1) is 22.7. The third kappa shape index (κ3) is 4.39. The number of ether oxygens (including phenoxy) is 1. The van der Waals surface area contributed by atoms with Gasteiger partial charge in [0.25, 0.3) is 5.91 Å². The molecule has 7 nitrogen and oxygen atoms in total. The maximum Gasteiger partial charge on any atom is 0.290 e. The van der Waals surface area contributed by atoms with E-state index in [0.717, 1.165) is 17.0 Å². The Bertz CT molecular complexity index is 1220. The molecule has 3 aromatic rings. The maximum atomic E-state index is 13.7. The summed E-state index contributed by atoms with van der Waals surface area (Å²) in [7, 11) is 0. The Morgan fingerprint density at radius 3 is 2.67 bits per heavy atom. The minimum atomic E-state index is -0.805. The summed E-state index contributed by atoms with van der Waals surface area (Å²) in [4.78, 5) is 37.3. The number of Topliss-reactive ketones (excluding diaryl/α,β-unsaturated/α-hetero) is 1. The number of thiazole rings is 1. The Hall–Kier alpha value is -3.52. The number of pyridine rings is 1. The van der Waals surface area contributed by atoms with Crippen molar-refractivity contribution in [3.05, 3.63) is 86.8 Å². The number of rotatable bonds is 8. The normalized spacial score (nSPS) is 15.9. The number of carbonyl (C=O) groups excluding carboxylic acids is 2. The number of nitrogens with zero attached hydrogens (tertiary/aromatic N) is 3. The summed E-state index contributed by atoms with van der Waals surface area (Å²) in [5.74, 6) is -0.959. The van der Waals surface area contributed by atoms with Crippen LogP contribution in [0.15, 0.2) is 60.1 Å². The van der Waals surface area contributed by atoms with E-state index in [1.807, 2.05) is 44.2 Å². The molecule has 0 bridgehead atoms. The number of aromatic nitrogens is 2. The van der Waals surface area contributed by atoms with E-state index in [0.29, 0.717) is 28.5 Å². The molecule has 3 heterocycles. The van der Waals surface area contributed by atoms with Crippen LogP contribution in [0.2, 0.25) is 0 Å². The Balaban J connectivity index is 1.84. The fourth-order valence-corrected chi connectivity index (χ4v) is 4.85. The third-order valence-electron chi connectivity index (χ3n) is 5.41. The van der Waals surface area contributed by atoms with Gasteiger partial charge in [-0.3, -0.25) is 14.6 Å². The van der Waals surface area contributed by atoms with Crippen molar-refractivity contribution in [3.8, 4) is 5.75 Å². The molecule has 0 fully saturated rings. The number of carbonyl (C=O) groups is 2. The lowest BCUT2D eigenvalue weighted by atomic mass is 9.94. The highest BCUT2D eigenvalue weighted by Crippen LogP contribution is 2.43. The minimum absolute atomic E-state index is 0.0446. The molecule has 2 aromatic heterocycles. The summed E-state index contributed by atoms with van der Waals surface area (Å²) >= 11 is 1.26. The predicted octanol–water partition coefficient (Wildman–Crippen LogP) is 4.72. The molecular formula is C25H25N3O4S. The molecule has 1 N–H and O–H groups in total. The summed E-state index contributed by atoms with van der Waals surface area (Å²) in [6, 6.07) is 10.2. The molecule has 170 valence electrons. The molecule has 0 spiro atoms.